The zero-order valence-corrected chi connectivity index (χ0v) is 20.3. The molecule has 1 saturated heterocycles. The molecule has 0 aromatic carbocycles. The fraction of sp³-hybridized carbons (Fsp3) is 0.385. The van der Waals surface area contributed by atoms with Crippen molar-refractivity contribution in [1.82, 2.24) is 14.3 Å². The van der Waals surface area contributed by atoms with Gasteiger partial charge in [-0.15, -0.1) is 0 Å². The molecule has 0 spiro atoms. The molecule has 2 atom stereocenters. The van der Waals surface area contributed by atoms with Crippen LogP contribution in [0.25, 0.3) is 5.52 Å². The van der Waals surface area contributed by atoms with Gasteiger partial charge in [0, 0.05) is 30.5 Å². The molecule has 3 aromatic rings. The predicted molar refractivity (Wildman–Crippen MR) is 135 cm³/mol. The van der Waals surface area contributed by atoms with Crippen LogP contribution in [0.3, 0.4) is 0 Å². The molecular weight excluding hydrogens is 506 g/mol. The molecule has 4 heterocycles. The van der Waals surface area contributed by atoms with E-state index in [2.05, 4.69) is 27.5 Å². The molecule has 38 heavy (non-hydrogen) atoms. The first-order valence-corrected chi connectivity index (χ1v) is 11.6. The van der Waals surface area contributed by atoms with Crippen LogP contribution in [0.1, 0.15) is 32.3 Å². The van der Waals surface area contributed by atoms with Crippen molar-refractivity contribution in [2.45, 2.75) is 31.2 Å². The van der Waals surface area contributed by atoms with E-state index in [1.54, 1.807) is 12.1 Å². The Balaban J connectivity index is 1.61. The summed E-state index contributed by atoms with van der Waals surface area (Å²) >= 11 is 0. The van der Waals surface area contributed by atoms with Crippen molar-refractivity contribution in [3.63, 3.8) is 0 Å². The number of halogens is 4. The topological polar surface area (TPSA) is 91.1 Å². The van der Waals surface area contributed by atoms with E-state index in [1.807, 2.05) is 11.9 Å². The summed E-state index contributed by atoms with van der Waals surface area (Å²) in [4.78, 5) is 16.8. The van der Waals surface area contributed by atoms with Gasteiger partial charge in [0.2, 0.25) is 5.88 Å². The number of likely N-dealkylation sites (tertiary alicyclic amines) is 1. The highest BCUT2D eigenvalue weighted by molar-refractivity contribution is 5.86. The summed E-state index contributed by atoms with van der Waals surface area (Å²) in [5.41, 5.74) is 0.497. The van der Waals surface area contributed by atoms with Crippen molar-refractivity contribution in [3.8, 4) is 17.7 Å². The second kappa shape index (κ2) is 11.2. The average molecular weight is 537 g/mol. The second-order valence-electron chi connectivity index (χ2n) is 8.90. The zero-order valence-electron chi connectivity index (χ0n) is 23.3. The van der Waals surface area contributed by atoms with Crippen LogP contribution in [0, 0.1) is 11.8 Å². The maximum Gasteiger partial charge on any atom is 0.394 e. The van der Waals surface area contributed by atoms with E-state index in [9.17, 15) is 22.4 Å². The summed E-state index contributed by atoms with van der Waals surface area (Å²) in [6.45, 7) is 0.769. The normalized spacial score (nSPS) is 19.6. The van der Waals surface area contributed by atoms with Gasteiger partial charge in [0.25, 0.3) is 0 Å². The highest BCUT2D eigenvalue weighted by Crippen LogP contribution is 2.30. The Morgan fingerprint density at radius 3 is 2.87 bits per heavy atom. The van der Waals surface area contributed by atoms with Crippen molar-refractivity contribution < 1.29 is 36.3 Å². The Bertz CT molecular complexity index is 1480. The van der Waals surface area contributed by atoms with E-state index in [0.29, 0.717) is 24.2 Å². The lowest BCUT2D eigenvalue weighted by Crippen LogP contribution is -2.46. The third kappa shape index (κ3) is 6.28. The average Bonchev–Trinajstić information content (AvgIpc) is 3.19. The quantitative estimate of drug-likeness (QED) is 0.310. The maximum absolute atomic E-state index is 14.7. The van der Waals surface area contributed by atoms with Crippen LogP contribution < -0.4 is 15.4 Å². The number of rotatable bonds is 7. The van der Waals surface area contributed by atoms with E-state index in [0.717, 1.165) is 6.07 Å². The Labute approximate surface area is 220 Å². The second-order valence-corrected chi connectivity index (χ2v) is 8.90. The van der Waals surface area contributed by atoms with Gasteiger partial charge in [0.15, 0.2) is 5.69 Å². The minimum Gasteiger partial charge on any atom is -0.480 e. The molecule has 1 aliphatic heterocycles. The third-order valence-electron chi connectivity index (χ3n) is 6.14. The van der Waals surface area contributed by atoms with Gasteiger partial charge in [-0.2, -0.15) is 13.2 Å². The first kappa shape index (κ1) is 23.2. The number of ether oxygens (including phenoxy) is 1. The number of methoxy groups -OCH3 is 1. The standard InChI is InChI=1S/C26H27F4N5O3/c1-34-12-9-18(17(27)15-34)32-19-6-4-11-35-22(19)13-16(23(35)14-26(28,29)30)5-3-10-31-20-7-8-21(25(36)37)33-24(20)38-2/h4,6-8,11,13,17-18,31-32H,9-10,12,14-15H2,1-2H3,(H,36,37)/t17-,18+/m0/s1/i2D3. The van der Waals surface area contributed by atoms with Crippen molar-refractivity contribution in [2.24, 2.45) is 0 Å². The van der Waals surface area contributed by atoms with Gasteiger partial charge < -0.3 is 29.8 Å². The van der Waals surface area contributed by atoms with E-state index < -0.39 is 49.4 Å². The van der Waals surface area contributed by atoms with Gasteiger partial charge >= 0.3 is 12.1 Å². The number of fused-ring (bicyclic) bond motifs is 1. The van der Waals surface area contributed by atoms with Gasteiger partial charge in [-0.25, -0.2) is 14.2 Å². The number of pyridine rings is 2. The van der Waals surface area contributed by atoms with E-state index >= 15 is 0 Å². The summed E-state index contributed by atoms with van der Waals surface area (Å²) in [5, 5.41) is 15.0. The number of nitrogens with zero attached hydrogens (tertiary/aromatic N) is 3. The van der Waals surface area contributed by atoms with Crippen LogP contribution in [0.5, 0.6) is 5.88 Å². The van der Waals surface area contributed by atoms with Crippen LogP contribution in [0.2, 0.25) is 0 Å². The first-order chi connectivity index (χ1) is 19.2. The molecule has 1 fully saturated rings. The van der Waals surface area contributed by atoms with Crippen LogP contribution in [0.4, 0.5) is 28.9 Å². The van der Waals surface area contributed by atoms with Gasteiger partial charge in [-0.05, 0) is 43.8 Å². The number of alkyl halides is 4. The molecule has 3 N–H and O–H groups in total. The molecule has 0 saturated carbocycles. The minimum absolute atomic E-state index is 0.0309. The number of aromatic carboxylic acids is 1. The lowest BCUT2D eigenvalue weighted by atomic mass is 10.0. The van der Waals surface area contributed by atoms with Crippen molar-refractivity contribution in [3.05, 3.63) is 53.5 Å². The van der Waals surface area contributed by atoms with Crippen molar-refractivity contribution >= 4 is 22.9 Å². The van der Waals surface area contributed by atoms with Crippen LogP contribution >= 0.6 is 0 Å². The number of hydrogen-bond donors (Lipinski definition) is 3. The molecule has 0 bridgehead atoms. The number of carboxylic acids is 1. The summed E-state index contributed by atoms with van der Waals surface area (Å²) < 4.78 is 83.2. The SMILES string of the molecule is [2H]C([2H])([2H])Oc1nc(C(=O)O)ccc1NCC#Cc1cc2c(N[C@@H]3CCN(C)C[C@@H]3F)cccn2c1CC(F)(F)F. The number of aromatic nitrogens is 2. The first-order valence-electron chi connectivity index (χ1n) is 13.1. The van der Waals surface area contributed by atoms with Gasteiger partial charge in [-0.3, -0.25) is 0 Å². The Hall–Kier alpha value is -3.98. The highest BCUT2D eigenvalue weighted by Gasteiger charge is 2.32. The number of carboxylic acid groups (broad SMARTS) is 1. The molecule has 8 nitrogen and oxygen atoms in total. The summed E-state index contributed by atoms with van der Waals surface area (Å²) in [6.07, 6.45) is -4.91. The van der Waals surface area contributed by atoms with Crippen LogP contribution in [-0.4, -0.2) is 77.5 Å². The van der Waals surface area contributed by atoms with Crippen LogP contribution in [0.15, 0.2) is 36.5 Å². The lowest BCUT2D eigenvalue weighted by molar-refractivity contribution is -0.128. The summed E-state index contributed by atoms with van der Waals surface area (Å²) in [5.74, 6) is 3.56. The fourth-order valence-electron chi connectivity index (χ4n) is 4.32. The zero-order chi connectivity index (χ0) is 29.9. The maximum atomic E-state index is 14.7. The van der Waals surface area contributed by atoms with Gasteiger partial charge in [-0.1, -0.05) is 11.8 Å². The molecule has 0 amide bonds. The molecule has 1 aliphatic rings. The number of nitrogens with one attached hydrogen (secondary N) is 2. The minimum atomic E-state index is -4.52. The molecule has 12 heteroatoms. The number of hydrogen-bond acceptors (Lipinski definition) is 6. The largest absolute Gasteiger partial charge is 0.480 e. The molecule has 4 rings (SSSR count). The molecule has 0 unspecified atom stereocenters. The van der Waals surface area contributed by atoms with Crippen LogP contribution in [-0.2, 0) is 6.42 Å². The number of piperidine rings is 1. The predicted octanol–water partition coefficient (Wildman–Crippen LogP) is 4.06. The lowest BCUT2D eigenvalue weighted by Gasteiger charge is -2.33. The molecule has 3 aromatic heterocycles. The molecule has 0 aliphatic carbocycles. The fourth-order valence-corrected chi connectivity index (χ4v) is 4.32. The number of anilines is 2. The Morgan fingerprint density at radius 1 is 1.34 bits per heavy atom. The van der Waals surface area contributed by atoms with E-state index in [1.165, 1.54) is 22.7 Å². The number of carbonyl (C=O) groups is 1. The van der Waals surface area contributed by atoms with Gasteiger partial charge in [0.1, 0.15) is 6.17 Å². The monoisotopic (exact) mass is 536 g/mol. The Morgan fingerprint density at radius 2 is 2.16 bits per heavy atom. The Kier molecular flexibility index (Phi) is 6.82. The molecule has 202 valence electrons. The highest BCUT2D eigenvalue weighted by atomic mass is 19.4. The van der Waals surface area contributed by atoms with Crippen molar-refractivity contribution in [1.29, 1.82) is 0 Å². The van der Waals surface area contributed by atoms with Gasteiger partial charge in [0.05, 0.1) is 47.0 Å². The molecule has 0 radical (unpaired) electrons. The third-order valence-corrected chi connectivity index (χ3v) is 6.14. The summed E-state index contributed by atoms with van der Waals surface area (Å²) in [7, 11) is -1.09. The van der Waals surface area contributed by atoms with E-state index in [-0.39, 0.29) is 30.0 Å². The smallest absolute Gasteiger partial charge is 0.394 e. The van der Waals surface area contributed by atoms with Crippen molar-refractivity contribution in [2.75, 3.05) is 44.4 Å². The summed E-state index contributed by atoms with van der Waals surface area (Å²) in [6, 6.07) is 6.65. The van der Waals surface area contributed by atoms with E-state index in [4.69, 9.17) is 14.0 Å². The molecular formula is C26H27F4N5O3.